The van der Waals surface area contributed by atoms with Crippen molar-refractivity contribution >= 4 is 21.6 Å². The lowest BCUT2D eigenvalue weighted by molar-refractivity contribution is -0.384. The number of nitrogens with zero attached hydrogens (tertiary/aromatic N) is 3. The van der Waals surface area contributed by atoms with Crippen molar-refractivity contribution in [3.63, 3.8) is 0 Å². The average molecular weight is 353 g/mol. The number of non-ortho nitro benzene ring substituents is 1. The van der Waals surface area contributed by atoms with E-state index in [0.29, 0.717) is 15.9 Å². The molecule has 110 valence electrons. The van der Waals surface area contributed by atoms with E-state index in [1.165, 1.54) is 12.1 Å². The number of rotatable bonds is 3. The Labute approximate surface area is 128 Å². The zero-order valence-electron chi connectivity index (χ0n) is 11.1. The molecule has 0 spiro atoms. The lowest BCUT2D eigenvalue weighted by atomic mass is 9.99. The van der Waals surface area contributed by atoms with Gasteiger partial charge in [-0.3, -0.25) is 10.1 Å². The molecule has 1 saturated carbocycles. The third-order valence-electron chi connectivity index (χ3n) is 3.71. The van der Waals surface area contributed by atoms with Crippen LogP contribution in [-0.4, -0.2) is 15.1 Å². The predicted octanol–water partition coefficient (Wildman–Crippen LogP) is 3.14. The number of nitrogens with two attached hydrogens (primary N) is 1. The summed E-state index contributed by atoms with van der Waals surface area (Å²) in [6.45, 7) is 0. The highest BCUT2D eigenvalue weighted by molar-refractivity contribution is 9.10. The third-order valence-corrected chi connectivity index (χ3v) is 4.17. The number of aromatic nitrogens is 2. The second-order valence-electron chi connectivity index (χ2n) is 5.24. The van der Waals surface area contributed by atoms with Crippen LogP contribution in [0.4, 0.5) is 5.69 Å². The fourth-order valence-corrected chi connectivity index (χ4v) is 3.06. The number of benzene rings is 1. The van der Waals surface area contributed by atoms with E-state index in [0.717, 1.165) is 25.7 Å². The molecule has 21 heavy (non-hydrogen) atoms. The van der Waals surface area contributed by atoms with Gasteiger partial charge < -0.3 is 10.3 Å². The van der Waals surface area contributed by atoms with Crippen LogP contribution in [0.1, 0.15) is 31.5 Å². The summed E-state index contributed by atoms with van der Waals surface area (Å²) in [4.78, 5) is 14.8. The lowest BCUT2D eigenvalue weighted by Gasteiger charge is -2.17. The highest BCUT2D eigenvalue weighted by atomic mass is 79.9. The number of hydrogen-bond acceptors (Lipinski definition) is 6. The van der Waals surface area contributed by atoms with Crippen LogP contribution < -0.4 is 5.73 Å². The van der Waals surface area contributed by atoms with E-state index in [-0.39, 0.29) is 11.6 Å². The third kappa shape index (κ3) is 2.68. The maximum atomic E-state index is 10.9. The highest BCUT2D eigenvalue weighted by Gasteiger charge is 2.36. The SMILES string of the molecule is NC1(c2noc(-c3cc(Br)cc([N+](=O)[O-])c3)n2)CCCC1. The number of nitro benzene ring substituents is 1. The number of nitro groups is 1. The van der Waals surface area contributed by atoms with Crippen LogP contribution in [-0.2, 0) is 5.54 Å². The minimum absolute atomic E-state index is 0.0394. The molecule has 3 rings (SSSR count). The molecule has 1 aliphatic rings. The Bertz CT molecular complexity index is 694. The molecular weight excluding hydrogens is 340 g/mol. The molecule has 8 heteroatoms. The minimum atomic E-state index is -0.542. The first kappa shape index (κ1) is 14.2. The van der Waals surface area contributed by atoms with Crippen molar-refractivity contribution in [2.75, 3.05) is 0 Å². The van der Waals surface area contributed by atoms with Crippen molar-refractivity contribution in [3.8, 4) is 11.5 Å². The van der Waals surface area contributed by atoms with Gasteiger partial charge in [-0.05, 0) is 18.9 Å². The molecule has 1 aromatic carbocycles. The van der Waals surface area contributed by atoms with Gasteiger partial charge in [0.15, 0.2) is 5.82 Å². The second kappa shape index (κ2) is 5.19. The summed E-state index contributed by atoms with van der Waals surface area (Å²) in [6, 6.07) is 4.52. The van der Waals surface area contributed by atoms with Crippen molar-refractivity contribution in [2.45, 2.75) is 31.2 Å². The number of hydrogen-bond donors (Lipinski definition) is 1. The van der Waals surface area contributed by atoms with Gasteiger partial charge in [0.2, 0.25) is 0 Å². The molecule has 0 amide bonds. The van der Waals surface area contributed by atoms with Gasteiger partial charge in [-0.2, -0.15) is 4.98 Å². The fraction of sp³-hybridized carbons (Fsp3) is 0.385. The maximum absolute atomic E-state index is 10.9. The van der Waals surface area contributed by atoms with Crippen LogP contribution in [0.15, 0.2) is 27.2 Å². The summed E-state index contributed by atoms with van der Waals surface area (Å²) in [6.07, 6.45) is 3.74. The Morgan fingerprint density at radius 3 is 2.71 bits per heavy atom. The van der Waals surface area contributed by atoms with Crippen molar-refractivity contribution in [1.82, 2.24) is 10.1 Å². The quantitative estimate of drug-likeness (QED) is 0.671. The lowest BCUT2D eigenvalue weighted by Crippen LogP contribution is -2.34. The van der Waals surface area contributed by atoms with Gasteiger partial charge in [0, 0.05) is 22.2 Å². The van der Waals surface area contributed by atoms with Crippen LogP contribution in [0.2, 0.25) is 0 Å². The van der Waals surface area contributed by atoms with Crippen molar-refractivity contribution in [2.24, 2.45) is 5.73 Å². The summed E-state index contributed by atoms with van der Waals surface area (Å²) in [5.74, 6) is 0.712. The van der Waals surface area contributed by atoms with Crippen molar-refractivity contribution in [1.29, 1.82) is 0 Å². The first-order chi connectivity index (χ1) is 9.98. The number of halogens is 1. The topological polar surface area (TPSA) is 108 Å². The van der Waals surface area contributed by atoms with Gasteiger partial charge >= 0.3 is 0 Å². The molecule has 1 aliphatic carbocycles. The second-order valence-corrected chi connectivity index (χ2v) is 6.16. The summed E-state index contributed by atoms with van der Waals surface area (Å²) in [7, 11) is 0. The van der Waals surface area contributed by atoms with E-state index in [1.54, 1.807) is 6.07 Å². The molecule has 0 radical (unpaired) electrons. The van der Waals surface area contributed by atoms with Crippen LogP contribution in [0.5, 0.6) is 0 Å². The monoisotopic (exact) mass is 352 g/mol. The highest BCUT2D eigenvalue weighted by Crippen LogP contribution is 2.36. The first-order valence-electron chi connectivity index (χ1n) is 6.56. The van der Waals surface area contributed by atoms with E-state index < -0.39 is 10.5 Å². The molecule has 1 aromatic heterocycles. The fourth-order valence-electron chi connectivity index (χ4n) is 2.58. The average Bonchev–Trinajstić information content (AvgIpc) is 3.07. The summed E-state index contributed by atoms with van der Waals surface area (Å²) in [5, 5.41) is 14.9. The van der Waals surface area contributed by atoms with Crippen LogP contribution in [0, 0.1) is 10.1 Å². The maximum Gasteiger partial charge on any atom is 0.271 e. The molecule has 0 unspecified atom stereocenters. The van der Waals surface area contributed by atoms with Crippen LogP contribution >= 0.6 is 15.9 Å². The molecule has 0 atom stereocenters. The van der Waals surface area contributed by atoms with Crippen LogP contribution in [0.25, 0.3) is 11.5 Å². The van der Waals surface area contributed by atoms with Crippen molar-refractivity contribution < 1.29 is 9.45 Å². The van der Waals surface area contributed by atoms with Gasteiger partial charge in [-0.15, -0.1) is 0 Å². The van der Waals surface area contributed by atoms with E-state index in [9.17, 15) is 10.1 Å². The normalized spacial score (nSPS) is 17.0. The van der Waals surface area contributed by atoms with Crippen LogP contribution in [0.3, 0.4) is 0 Å². The molecule has 2 aromatic rings. The summed E-state index contributed by atoms with van der Waals surface area (Å²) >= 11 is 3.24. The predicted molar refractivity (Wildman–Crippen MR) is 78.4 cm³/mol. The van der Waals surface area contributed by atoms with Gasteiger partial charge in [0.1, 0.15) is 0 Å². The van der Waals surface area contributed by atoms with Gasteiger partial charge in [-0.1, -0.05) is 33.9 Å². The van der Waals surface area contributed by atoms with Gasteiger partial charge in [0.25, 0.3) is 11.6 Å². The Balaban J connectivity index is 1.98. The van der Waals surface area contributed by atoms with Crippen molar-refractivity contribution in [3.05, 3.63) is 38.6 Å². The van der Waals surface area contributed by atoms with E-state index >= 15 is 0 Å². The molecule has 0 saturated heterocycles. The van der Waals surface area contributed by atoms with Gasteiger partial charge in [0.05, 0.1) is 10.5 Å². The molecular formula is C13H13BrN4O3. The Morgan fingerprint density at radius 2 is 2.05 bits per heavy atom. The summed E-state index contributed by atoms with van der Waals surface area (Å²) < 4.78 is 5.81. The van der Waals surface area contributed by atoms with E-state index in [2.05, 4.69) is 26.1 Å². The molecule has 2 N–H and O–H groups in total. The first-order valence-corrected chi connectivity index (χ1v) is 7.36. The minimum Gasteiger partial charge on any atom is -0.334 e. The zero-order valence-corrected chi connectivity index (χ0v) is 12.7. The summed E-state index contributed by atoms with van der Waals surface area (Å²) in [5.41, 5.74) is 6.19. The molecule has 7 nitrogen and oxygen atoms in total. The zero-order chi connectivity index (χ0) is 15.0. The molecule has 1 fully saturated rings. The molecule has 1 heterocycles. The Kier molecular flexibility index (Phi) is 3.50. The van der Waals surface area contributed by atoms with E-state index in [4.69, 9.17) is 10.3 Å². The Morgan fingerprint density at radius 1 is 1.33 bits per heavy atom. The molecule has 0 bridgehead atoms. The molecule has 0 aliphatic heterocycles. The van der Waals surface area contributed by atoms with Gasteiger partial charge in [-0.25, -0.2) is 0 Å². The smallest absolute Gasteiger partial charge is 0.271 e. The Hall–Kier alpha value is -1.80. The van der Waals surface area contributed by atoms with E-state index in [1.807, 2.05) is 0 Å². The largest absolute Gasteiger partial charge is 0.334 e. The standard InChI is InChI=1S/C13H13BrN4O3/c14-9-5-8(6-10(7-9)18(19)20)11-16-12(17-21-11)13(15)3-1-2-4-13/h5-7H,1-4,15H2.